The second kappa shape index (κ2) is 9.47. The van der Waals surface area contributed by atoms with Crippen molar-refractivity contribution in [3.05, 3.63) is 36.2 Å². The highest BCUT2D eigenvalue weighted by molar-refractivity contribution is 7.89. The van der Waals surface area contributed by atoms with Crippen molar-refractivity contribution >= 4 is 16.0 Å². The molecule has 4 rings (SSSR count). The van der Waals surface area contributed by atoms with Crippen molar-refractivity contribution in [1.29, 1.82) is 0 Å². The van der Waals surface area contributed by atoms with Gasteiger partial charge in [0.2, 0.25) is 11.8 Å². The minimum Gasteiger partial charge on any atom is -0.471 e. The maximum Gasteiger partial charge on any atom is 0.423 e. The number of aliphatic hydroxyl groups is 1. The van der Waals surface area contributed by atoms with E-state index in [0.29, 0.717) is 25.5 Å². The first-order valence-corrected chi connectivity index (χ1v) is 12.5. The number of rotatable bonds is 6. The maximum atomic E-state index is 14.9. The van der Waals surface area contributed by atoms with Gasteiger partial charge in [-0.1, -0.05) is 6.07 Å². The predicted molar refractivity (Wildman–Crippen MR) is 116 cm³/mol. The summed E-state index contributed by atoms with van der Waals surface area (Å²) in [6.07, 6.45) is -4.18. The molecule has 0 bridgehead atoms. The number of nitrogens with zero attached hydrogens (tertiary/aromatic N) is 4. The average molecular weight is 520 g/mol. The van der Waals surface area contributed by atoms with Crippen LogP contribution in [0.4, 0.5) is 23.5 Å². The van der Waals surface area contributed by atoms with Crippen LogP contribution in [0.3, 0.4) is 0 Å². The lowest BCUT2D eigenvalue weighted by Gasteiger charge is -2.34. The van der Waals surface area contributed by atoms with Gasteiger partial charge in [-0.3, -0.25) is 0 Å². The molecule has 2 aromatic rings. The first-order valence-electron chi connectivity index (χ1n) is 11.0. The number of anilines is 1. The van der Waals surface area contributed by atoms with Gasteiger partial charge in [0.25, 0.3) is 10.0 Å². The zero-order valence-electron chi connectivity index (χ0n) is 18.7. The smallest absolute Gasteiger partial charge is 0.423 e. The lowest BCUT2D eigenvalue weighted by molar-refractivity contribution is -0.141. The van der Waals surface area contributed by atoms with Crippen LogP contribution in [0.25, 0.3) is 0 Å². The Morgan fingerprint density at radius 2 is 2.03 bits per heavy atom. The third-order valence-electron chi connectivity index (χ3n) is 6.22. The highest BCUT2D eigenvalue weighted by Crippen LogP contribution is 2.39. The first-order chi connectivity index (χ1) is 16.4. The van der Waals surface area contributed by atoms with Crippen LogP contribution in [0.1, 0.15) is 38.2 Å². The van der Waals surface area contributed by atoms with E-state index < -0.39 is 58.1 Å². The summed E-state index contributed by atoms with van der Waals surface area (Å²) < 4.78 is 87.3. The van der Waals surface area contributed by atoms with Crippen LogP contribution in [-0.2, 0) is 16.2 Å². The molecule has 9 nitrogen and oxygen atoms in total. The Hall–Kier alpha value is -2.58. The molecule has 3 heterocycles. The molecular weight excluding hydrogens is 494 g/mol. The Morgan fingerprint density at radius 3 is 2.63 bits per heavy atom. The van der Waals surface area contributed by atoms with Crippen molar-refractivity contribution in [2.24, 2.45) is 0 Å². The molecule has 2 aromatic heterocycles. The molecule has 0 amide bonds. The third-order valence-corrected chi connectivity index (χ3v) is 8.00. The van der Waals surface area contributed by atoms with E-state index in [4.69, 9.17) is 4.74 Å². The van der Waals surface area contributed by atoms with Gasteiger partial charge in [0.05, 0.1) is 11.6 Å². The molecule has 35 heavy (non-hydrogen) atoms. The van der Waals surface area contributed by atoms with Crippen molar-refractivity contribution in [3.63, 3.8) is 0 Å². The second-order valence-corrected chi connectivity index (χ2v) is 10.7. The fraction of sp³-hybridized carbons (Fsp3) is 0.571. The molecular formula is C21H25F4N5O4S. The Labute approximate surface area is 199 Å². The zero-order valence-corrected chi connectivity index (χ0v) is 19.6. The SMILES string of the molecule is C[C@]1(O)CCC[C@H]1Oc1nc(N[C@H]2CCN(S(=O)(=O)c3ccccn3)C[C@H]2F)ncc1C(F)(F)F. The molecule has 1 saturated carbocycles. The predicted octanol–water partition coefficient (Wildman–Crippen LogP) is 2.79. The molecule has 0 radical (unpaired) electrons. The summed E-state index contributed by atoms with van der Waals surface area (Å²) in [5.41, 5.74) is -2.52. The summed E-state index contributed by atoms with van der Waals surface area (Å²) in [6, 6.07) is 3.44. The number of ether oxygens (including phenoxy) is 1. The minimum atomic E-state index is -4.80. The van der Waals surface area contributed by atoms with E-state index in [2.05, 4.69) is 20.3 Å². The van der Waals surface area contributed by atoms with Gasteiger partial charge in [-0.25, -0.2) is 22.8 Å². The molecule has 1 aliphatic carbocycles. The molecule has 14 heteroatoms. The molecule has 2 fully saturated rings. The van der Waals surface area contributed by atoms with Crippen LogP contribution < -0.4 is 10.1 Å². The highest BCUT2D eigenvalue weighted by Gasteiger charge is 2.43. The van der Waals surface area contributed by atoms with Crippen LogP contribution in [0, 0.1) is 0 Å². The van der Waals surface area contributed by atoms with Crippen LogP contribution in [0.5, 0.6) is 5.88 Å². The number of pyridine rings is 1. The topological polar surface area (TPSA) is 118 Å². The van der Waals surface area contributed by atoms with E-state index in [1.54, 1.807) is 6.07 Å². The second-order valence-electron chi connectivity index (χ2n) is 8.85. The summed E-state index contributed by atoms with van der Waals surface area (Å²) in [6.45, 7) is 0.982. The van der Waals surface area contributed by atoms with Gasteiger partial charge in [-0.15, -0.1) is 0 Å². The Kier molecular flexibility index (Phi) is 6.90. The number of halogens is 4. The number of hydrogen-bond donors (Lipinski definition) is 2. The van der Waals surface area contributed by atoms with Crippen LogP contribution in [-0.4, -0.2) is 69.8 Å². The van der Waals surface area contributed by atoms with Gasteiger partial charge in [0.1, 0.15) is 17.8 Å². The van der Waals surface area contributed by atoms with E-state index in [1.807, 2.05) is 0 Å². The highest BCUT2D eigenvalue weighted by atomic mass is 32.2. The van der Waals surface area contributed by atoms with Gasteiger partial charge in [-0.05, 0) is 44.7 Å². The van der Waals surface area contributed by atoms with Crippen molar-refractivity contribution in [3.8, 4) is 5.88 Å². The number of sulfonamides is 1. The third kappa shape index (κ3) is 5.48. The molecule has 192 valence electrons. The lowest BCUT2D eigenvalue weighted by Crippen LogP contribution is -2.50. The van der Waals surface area contributed by atoms with Crippen LogP contribution in [0.15, 0.2) is 35.6 Å². The minimum absolute atomic E-state index is 0.0190. The summed E-state index contributed by atoms with van der Waals surface area (Å²) in [5, 5.41) is 12.8. The number of alkyl halides is 4. The zero-order chi connectivity index (χ0) is 25.4. The molecule has 2 aliphatic rings. The van der Waals surface area contributed by atoms with Crippen LogP contribution in [0.2, 0.25) is 0 Å². The number of piperidine rings is 1. The maximum absolute atomic E-state index is 14.9. The normalized spacial score (nSPS) is 28.1. The summed E-state index contributed by atoms with van der Waals surface area (Å²) >= 11 is 0. The summed E-state index contributed by atoms with van der Waals surface area (Å²) in [5.74, 6) is -1.05. The monoisotopic (exact) mass is 519 g/mol. The fourth-order valence-electron chi connectivity index (χ4n) is 4.21. The van der Waals surface area contributed by atoms with E-state index >= 15 is 0 Å². The Balaban J connectivity index is 1.49. The molecule has 0 unspecified atom stereocenters. The first kappa shape index (κ1) is 25.5. The molecule has 0 spiro atoms. The molecule has 4 atom stereocenters. The van der Waals surface area contributed by atoms with Crippen molar-refractivity contribution < 1.29 is 35.8 Å². The lowest BCUT2D eigenvalue weighted by atomic mass is 10.0. The number of hydrogen-bond acceptors (Lipinski definition) is 8. The van der Waals surface area contributed by atoms with Crippen LogP contribution >= 0.6 is 0 Å². The van der Waals surface area contributed by atoms with E-state index in [9.17, 15) is 31.1 Å². The van der Waals surface area contributed by atoms with E-state index in [0.717, 1.165) is 4.31 Å². The van der Waals surface area contributed by atoms with Gasteiger partial charge in [-0.2, -0.15) is 22.5 Å². The standard InChI is InChI=1S/C21H25F4N5O4S/c1-20(31)8-4-5-16(20)34-18-13(21(23,24)25)11-27-19(29-18)28-15-7-10-30(12-14(15)22)35(32,33)17-6-2-3-9-26-17/h2-3,6,9,11,14-16,31H,4-5,7-8,10,12H2,1H3,(H,27,28,29)/t14-,15+,16-,20+/m1/s1. The van der Waals surface area contributed by atoms with Crippen molar-refractivity contribution in [2.75, 3.05) is 18.4 Å². The van der Waals surface area contributed by atoms with Gasteiger partial charge >= 0.3 is 6.18 Å². The molecule has 0 aromatic carbocycles. The average Bonchev–Trinajstić information content (AvgIpc) is 3.12. The fourth-order valence-corrected chi connectivity index (χ4v) is 5.61. The van der Waals surface area contributed by atoms with Crippen molar-refractivity contribution in [1.82, 2.24) is 19.3 Å². The molecule has 2 N–H and O–H groups in total. The molecule has 1 saturated heterocycles. The molecule has 1 aliphatic heterocycles. The summed E-state index contributed by atoms with van der Waals surface area (Å²) in [4.78, 5) is 11.3. The number of nitrogens with one attached hydrogen (secondary N) is 1. The van der Waals surface area contributed by atoms with E-state index in [1.165, 1.54) is 25.3 Å². The number of aromatic nitrogens is 3. The Morgan fingerprint density at radius 1 is 1.26 bits per heavy atom. The van der Waals surface area contributed by atoms with Gasteiger partial charge in [0, 0.05) is 25.5 Å². The largest absolute Gasteiger partial charge is 0.471 e. The van der Waals surface area contributed by atoms with Gasteiger partial charge < -0.3 is 15.2 Å². The summed E-state index contributed by atoms with van der Waals surface area (Å²) in [7, 11) is -3.99. The van der Waals surface area contributed by atoms with Crippen molar-refractivity contribution in [2.45, 2.75) is 67.7 Å². The quantitative estimate of drug-likeness (QED) is 0.560. The van der Waals surface area contributed by atoms with E-state index in [-0.39, 0.29) is 23.9 Å². The Bertz CT molecular complexity index is 1150. The van der Waals surface area contributed by atoms with Gasteiger partial charge in [0.15, 0.2) is 5.03 Å².